The zero-order valence-electron chi connectivity index (χ0n) is 8.53. The summed E-state index contributed by atoms with van der Waals surface area (Å²) < 4.78 is 0. The highest BCUT2D eigenvalue weighted by atomic mass is 32.1. The molecule has 1 fully saturated rings. The summed E-state index contributed by atoms with van der Waals surface area (Å²) in [5.74, 6) is 0. The van der Waals surface area contributed by atoms with E-state index >= 15 is 0 Å². The van der Waals surface area contributed by atoms with E-state index in [1.807, 2.05) is 11.6 Å². The Labute approximate surface area is 88.2 Å². The fourth-order valence-electron chi connectivity index (χ4n) is 1.80. The van der Waals surface area contributed by atoms with Gasteiger partial charge in [0.25, 0.3) is 0 Å². The van der Waals surface area contributed by atoms with Gasteiger partial charge < -0.3 is 10.4 Å². The van der Waals surface area contributed by atoms with E-state index in [1.54, 1.807) is 11.3 Å². The van der Waals surface area contributed by atoms with E-state index in [9.17, 15) is 5.11 Å². The van der Waals surface area contributed by atoms with Crippen molar-refractivity contribution in [3.8, 4) is 0 Å². The van der Waals surface area contributed by atoms with Crippen molar-refractivity contribution in [1.82, 2.24) is 10.3 Å². The molecule has 0 aliphatic heterocycles. The van der Waals surface area contributed by atoms with Crippen molar-refractivity contribution in [2.24, 2.45) is 5.41 Å². The van der Waals surface area contributed by atoms with E-state index < -0.39 is 0 Å². The van der Waals surface area contributed by atoms with Crippen molar-refractivity contribution < 1.29 is 5.11 Å². The summed E-state index contributed by atoms with van der Waals surface area (Å²) in [5, 5.41) is 16.1. The van der Waals surface area contributed by atoms with Gasteiger partial charge in [-0.15, -0.1) is 11.3 Å². The molecule has 0 bridgehead atoms. The van der Waals surface area contributed by atoms with Gasteiger partial charge in [-0.05, 0) is 6.42 Å². The molecule has 1 saturated carbocycles. The highest BCUT2D eigenvalue weighted by Crippen LogP contribution is 2.40. The molecule has 2 N–H and O–H groups in total. The Hall–Kier alpha value is -0.450. The summed E-state index contributed by atoms with van der Waals surface area (Å²) in [6.07, 6.45) is 2.53. The highest BCUT2D eigenvalue weighted by Gasteiger charge is 2.46. The van der Waals surface area contributed by atoms with Gasteiger partial charge in [0.2, 0.25) is 0 Å². The van der Waals surface area contributed by atoms with Gasteiger partial charge in [-0.3, -0.25) is 0 Å². The quantitative estimate of drug-likeness (QED) is 0.796. The standard InChI is InChI=1S/C10H16N2OS/c1-10(2)7(5-8(10)13)12-6-9-11-3-4-14-9/h3-4,7-8,12-13H,5-6H2,1-2H3. The van der Waals surface area contributed by atoms with E-state index in [0.717, 1.165) is 18.0 Å². The van der Waals surface area contributed by atoms with Crippen LogP contribution < -0.4 is 5.32 Å². The van der Waals surface area contributed by atoms with Crippen molar-refractivity contribution in [3.63, 3.8) is 0 Å². The van der Waals surface area contributed by atoms with Crippen LogP contribution in [0.2, 0.25) is 0 Å². The molecule has 14 heavy (non-hydrogen) atoms. The van der Waals surface area contributed by atoms with E-state index in [2.05, 4.69) is 24.1 Å². The fraction of sp³-hybridized carbons (Fsp3) is 0.700. The van der Waals surface area contributed by atoms with Gasteiger partial charge in [0.05, 0.1) is 6.10 Å². The van der Waals surface area contributed by atoms with E-state index in [4.69, 9.17) is 0 Å². The van der Waals surface area contributed by atoms with Crippen molar-refractivity contribution in [1.29, 1.82) is 0 Å². The van der Waals surface area contributed by atoms with E-state index in [1.165, 1.54) is 0 Å². The van der Waals surface area contributed by atoms with Gasteiger partial charge in [-0.25, -0.2) is 4.98 Å². The molecule has 1 aliphatic rings. The van der Waals surface area contributed by atoms with Crippen LogP contribution in [0, 0.1) is 5.41 Å². The molecule has 0 amide bonds. The number of hydrogen-bond acceptors (Lipinski definition) is 4. The molecule has 4 heteroatoms. The van der Waals surface area contributed by atoms with Crippen LogP contribution in [-0.4, -0.2) is 22.2 Å². The third kappa shape index (κ3) is 1.69. The Morgan fingerprint density at radius 2 is 2.50 bits per heavy atom. The van der Waals surface area contributed by atoms with Crippen LogP contribution in [-0.2, 0) is 6.54 Å². The first-order valence-electron chi connectivity index (χ1n) is 4.90. The molecule has 0 spiro atoms. The Morgan fingerprint density at radius 3 is 3.00 bits per heavy atom. The van der Waals surface area contributed by atoms with Crippen LogP contribution in [0.25, 0.3) is 0 Å². The summed E-state index contributed by atoms with van der Waals surface area (Å²) in [5.41, 5.74) is 0.0112. The number of hydrogen-bond donors (Lipinski definition) is 2. The molecule has 0 aromatic carbocycles. The van der Waals surface area contributed by atoms with Crippen LogP contribution >= 0.6 is 11.3 Å². The predicted octanol–water partition coefficient (Wildman–Crippen LogP) is 1.39. The van der Waals surface area contributed by atoms with Crippen LogP contribution in [0.15, 0.2) is 11.6 Å². The van der Waals surface area contributed by atoms with Crippen LogP contribution in [0.4, 0.5) is 0 Å². The molecule has 0 radical (unpaired) electrons. The first-order valence-corrected chi connectivity index (χ1v) is 5.78. The van der Waals surface area contributed by atoms with Gasteiger partial charge in [-0.2, -0.15) is 0 Å². The summed E-state index contributed by atoms with van der Waals surface area (Å²) >= 11 is 1.66. The lowest BCUT2D eigenvalue weighted by molar-refractivity contribution is -0.0729. The summed E-state index contributed by atoms with van der Waals surface area (Å²) in [6, 6.07) is 0.418. The summed E-state index contributed by atoms with van der Waals surface area (Å²) in [7, 11) is 0. The van der Waals surface area contributed by atoms with Gasteiger partial charge in [-0.1, -0.05) is 13.8 Å². The second-order valence-corrected chi connectivity index (χ2v) is 5.41. The van der Waals surface area contributed by atoms with Gasteiger partial charge in [0.1, 0.15) is 5.01 Å². The number of aromatic nitrogens is 1. The minimum Gasteiger partial charge on any atom is -0.392 e. The Bertz CT molecular complexity index is 297. The number of nitrogens with zero attached hydrogens (tertiary/aromatic N) is 1. The number of thiazole rings is 1. The molecule has 1 aromatic heterocycles. The fourth-order valence-corrected chi connectivity index (χ4v) is 2.37. The summed E-state index contributed by atoms with van der Waals surface area (Å²) in [4.78, 5) is 4.21. The number of nitrogens with one attached hydrogen (secondary N) is 1. The first-order chi connectivity index (χ1) is 6.60. The monoisotopic (exact) mass is 212 g/mol. The van der Waals surface area contributed by atoms with E-state index in [-0.39, 0.29) is 11.5 Å². The SMILES string of the molecule is CC1(C)C(O)CC1NCc1nccs1. The number of aliphatic hydroxyl groups excluding tert-OH is 1. The Balaban J connectivity index is 1.83. The molecule has 1 heterocycles. The van der Waals surface area contributed by atoms with Crippen molar-refractivity contribution in [3.05, 3.63) is 16.6 Å². The maximum atomic E-state index is 9.55. The minimum atomic E-state index is -0.156. The topological polar surface area (TPSA) is 45.1 Å². The Kier molecular flexibility index (Phi) is 2.60. The van der Waals surface area contributed by atoms with Gasteiger partial charge in [0.15, 0.2) is 0 Å². The summed E-state index contributed by atoms with van der Waals surface area (Å²) in [6.45, 7) is 5.01. The zero-order chi connectivity index (χ0) is 10.2. The first kappa shape index (κ1) is 10.1. The smallest absolute Gasteiger partial charge is 0.106 e. The second-order valence-electron chi connectivity index (χ2n) is 4.43. The van der Waals surface area contributed by atoms with Gasteiger partial charge in [0, 0.05) is 29.6 Å². The average molecular weight is 212 g/mol. The molecule has 2 unspecified atom stereocenters. The lowest BCUT2D eigenvalue weighted by Crippen LogP contribution is -2.59. The molecule has 3 nitrogen and oxygen atoms in total. The predicted molar refractivity (Wildman–Crippen MR) is 57.1 cm³/mol. The maximum absolute atomic E-state index is 9.55. The van der Waals surface area contributed by atoms with Crippen molar-refractivity contribution in [2.45, 2.75) is 39.0 Å². The number of rotatable bonds is 3. The maximum Gasteiger partial charge on any atom is 0.106 e. The lowest BCUT2D eigenvalue weighted by Gasteiger charge is -2.49. The van der Waals surface area contributed by atoms with Crippen molar-refractivity contribution in [2.75, 3.05) is 0 Å². The molecular formula is C10H16N2OS. The average Bonchev–Trinajstić information content (AvgIpc) is 2.64. The molecule has 2 rings (SSSR count). The van der Waals surface area contributed by atoms with Crippen LogP contribution in [0.1, 0.15) is 25.3 Å². The third-order valence-electron chi connectivity index (χ3n) is 3.20. The molecule has 1 aromatic rings. The Morgan fingerprint density at radius 1 is 1.71 bits per heavy atom. The number of aliphatic hydroxyl groups is 1. The van der Waals surface area contributed by atoms with Crippen molar-refractivity contribution >= 4 is 11.3 Å². The third-order valence-corrected chi connectivity index (χ3v) is 3.98. The minimum absolute atomic E-state index is 0.0112. The molecule has 78 valence electrons. The van der Waals surface area contributed by atoms with E-state index in [0.29, 0.717) is 6.04 Å². The molecule has 0 saturated heterocycles. The van der Waals surface area contributed by atoms with Crippen LogP contribution in [0.5, 0.6) is 0 Å². The second kappa shape index (κ2) is 3.61. The lowest BCUT2D eigenvalue weighted by atomic mass is 9.64. The van der Waals surface area contributed by atoms with Gasteiger partial charge >= 0.3 is 0 Å². The normalized spacial score (nSPS) is 29.9. The highest BCUT2D eigenvalue weighted by molar-refractivity contribution is 7.09. The zero-order valence-corrected chi connectivity index (χ0v) is 9.34. The molecule has 2 atom stereocenters. The van der Waals surface area contributed by atoms with Crippen LogP contribution in [0.3, 0.4) is 0 Å². The molecule has 1 aliphatic carbocycles. The molecular weight excluding hydrogens is 196 g/mol. The largest absolute Gasteiger partial charge is 0.392 e.